The number of rotatable bonds is 6. The molecule has 0 unspecified atom stereocenters. The molecule has 32 heavy (non-hydrogen) atoms. The van der Waals surface area contributed by atoms with Crippen LogP contribution in [0.15, 0.2) is 0 Å². The first-order valence-corrected chi connectivity index (χ1v) is 14.1. The standard InChI is InChI=1S/C24H40O6S2/c1-15-9-10-18-16(2)19(31-14-8-7-13-26-21(25)32-22(3,4)5)27-20-24(18)17(15)11-12-23(6,28-20)29-30-24/h15-20H,7-14H2,1-6H3/t15-,16-,17+,18+,19+,20-,23-,24-/m1/s1. The van der Waals surface area contributed by atoms with Gasteiger partial charge >= 0.3 is 5.30 Å². The first-order chi connectivity index (χ1) is 15.0. The smallest absolute Gasteiger partial charge is 0.367 e. The van der Waals surface area contributed by atoms with Gasteiger partial charge in [0.25, 0.3) is 0 Å². The van der Waals surface area contributed by atoms with E-state index in [0.29, 0.717) is 30.3 Å². The predicted molar refractivity (Wildman–Crippen MR) is 127 cm³/mol. The van der Waals surface area contributed by atoms with Crippen molar-refractivity contribution < 1.29 is 28.8 Å². The van der Waals surface area contributed by atoms with E-state index in [-0.39, 0.29) is 21.8 Å². The summed E-state index contributed by atoms with van der Waals surface area (Å²) in [6, 6.07) is 0. The fourth-order valence-corrected chi connectivity index (χ4v) is 7.82. The van der Waals surface area contributed by atoms with Crippen LogP contribution in [-0.4, -0.2) is 45.5 Å². The summed E-state index contributed by atoms with van der Waals surface area (Å²) in [5.74, 6) is 1.98. The Morgan fingerprint density at radius 3 is 2.62 bits per heavy atom. The second kappa shape index (κ2) is 9.57. The number of hydrogen-bond donors (Lipinski definition) is 0. The van der Waals surface area contributed by atoms with Crippen molar-refractivity contribution in [2.75, 3.05) is 12.4 Å². The second-order valence-corrected chi connectivity index (χ2v) is 14.1. The van der Waals surface area contributed by atoms with E-state index in [9.17, 15) is 4.79 Å². The van der Waals surface area contributed by atoms with E-state index >= 15 is 0 Å². The van der Waals surface area contributed by atoms with Gasteiger partial charge in [0.05, 0.1) is 6.61 Å². The minimum absolute atomic E-state index is 0.0789. The molecule has 0 aromatic rings. The molecular formula is C24H40O6S2. The first-order valence-electron chi connectivity index (χ1n) is 12.2. The zero-order chi connectivity index (χ0) is 23.1. The summed E-state index contributed by atoms with van der Waals surface area (Å²) in [4.78, 5) is 23.9. The minimum atomic E-state index is -0.720. The predicted octanol–water partition coefficient (Wildman–Crippen LogP) is 6.38. The summed E-state index contributed by atoms with van der Waals surface area (Å²) in [6.07, 6.45) is 5.74. The Hall–Kier alpha value is 0.01000. The molecule has 6 nitrogen and oxygen atoms in total. The lowest BCUT2D eigenvalue weighted by atomic mass is 9.58. The maximum atomic E-state index is 11.8. The monoisotopic (exact) mass is 488 g/mol. The van der Waals surface area contributed by atoms with E-state index < -0.39 is 11.4 Å². The van der Waals surface area contributed by atoms with Crippen LogP contribution in [0.5, 0.6) is 0 Å². The van der Waals surface area contributed by atoms with Gasteiger partial charge in [0.1, 0.15) is 5.44 Å². The highest BCUT2D eigenvalue weighted by Crippen LogP contribution is 2.61. The third-order valence-electron chi connectivity index (χ3n) is 7.53. The lowest BCUT2D eigenvalue weighted by Crippen LogP contribution is -2.70. The molecule has 5 aliphatic rings. The van der Waals surface area contributed by atoms with Crippen LogP contribution in [-0.2, 0) is 24.0 Å². The maximum absolute atomic E-state index is 11.8. The van der Waals surface area contributed by atoms with Gasteiger partial charge in [0.2, 0.25) is 5.79 Å². The van der Waals surface area contributed by atoms with E-state index in [4.69, 9.17) is 24.0 Å². The Morgan fingerprint density at radius 2 is 1.88 bits per heavy atom. The van der Waals surface area contributed by atoms with Crippen molar-refractivity contribution in [1.29, 1.82) is 0 Å². The van der Waals surface area contributed by atoms with Crippen LogP contribution in [0.3, 0.4) is 0 Å². The summed E-state index contributed by atoms with van der Waals surface area (Å²) in [5.41, 5.74) is -0.404. The third kappa shape index (κ3) is 5.01. The lowest BCUT2D eigenvalue weighted by molar-refractivity contribution is -0.568. The van der Waals surface area contributed by atoms with Crippen LogP contribution >= 0.6 is 23.5 Å². The quantitative estimate of drug-likeness (QED) is 0.243. The van der Waals surface area contributed by atoms with Gasteiger partial charge in [0, 0.05) is 17.1 Å². The van der Waals surface area contributed by atoms with Crippen LogP contribution < -0.4 is 0 Å². The van der Waals surface area contributed by atoms with Gasteiger partial charge in [-0.1, -0.05) is 34.6 Å². The Labute approximate surface area is 201 Å². The van der Waals surface area contributed by atoms with Crippen LogP contribution in [0.25, 0.3) is 0 Å². The van der Waals surface area contributed by atoms with Crippen LogP contribution in [0, 0.1) is 23.7 Å². The molecule has 0 N–H and O–H groups in total. The Bertz CT molecular complexity index is 684. The number of ether oxygens (including phenoxy) is 3. The molecule has 0 amide bonds. The van der Waals surface area contributed by atoms with Crippen LogP contribution in [0.4, 0.5) is 4.79 Å². The molecule has 4 aliphatic heterocycles. The van der Waals surface area contributed by atoms with E-state index in [0.717, 1.165) is 37.9 Å². The normalized spacial score (nSPS) is 43.4. The highest BCUT2D eigenvalue weighted by molar-refractivity contribution is 8.14. The number of carbonyl (C=O) groups excluding carboxylic acids is 1. The molecule has 8 atom stereocenters. The van der Waals surface area contributed by atoms with Gasteiger partial charge < -0.3 is 14.2 Å². The van der Waals surface area contributed by atoms with Crippen LogP contribution in [0.2, 0.25) is 0 Å². The molecule has 8 heteroatoms. The summed E-state index contributed by atoms with van der Waals surface area (Å²) in [7, 11) is 0. The Balaban J connectivity index is 1.30. The zero-order valence-corrected chi connectivity index (χ0v) is 22.0. The molecular weight excluding hydrogens is 448 g/mol. The van der Waals surface area contributed by atoms with Crippen molar-refractivity contribution in [3.63, 3.8) is 0 Å². The summed E-state index contributed by atoms with van der Waals surface area (Å²) < 4.78 is 18.3. The summed E-state index contributed by atoms with van der Waals surface area (Å²) in [5, 5.41) is -0.183. The second-order valence-electron chi connectivity index (χ2n) is 11.2. The molecule has 4 saturated heterocycles. The van der Waals surface area contributed by atoms with Gasteiger partial charge in [-0.25, -0.2) is 14.6 Å². The van der Waals surface area contributed by atoms with Gasteiger partial charge in [-0.2, -0.15) is 0 Å². The number of thioether (sulfide) groups is 2. The highest BCUT2D eigenvalue weighted by atomic mass is 32.2. The molecule has 184 valence electrons. The third-order valence-corrected chi connectivity index (χ3v) is 9.82. The van der Waals surface area contributed by atoms with Gasteiger partial charge in [-0.05, 0) is 74.3 Å². The molecule has 5 rings (SSSR count). The number of carbonyl (C=O) groups is 1. The van der Waals surface area contributed by atoms with E-state index in [1.54, 1.807) is 0 Å². The van der Waals surface area contributed by atoms with E-state index in [1.165, 1.54) is 18.2 Å². The van der Waals surface area contributed by atoms with Crippen molar-refractivity contribution in [3.8, 4) is 0 Å². The molecule has 1 spiro atoms. The van der Waals surface area contributed by atoms with E-state index in [1.807, 2.05) is 39.5 Å². The van der Waals surface area contributed by atoms with Gasteiger partial charge in [-0.3, -0.25) is 0 Å². The summed E-state index contributed by atoms with van der Waals surface area (Å²) in [6.45, 7) is 13.1. The molecule has 2 bridgehead atoms. The minimum Gasteiger partial charge on any atom is -0.458 e. The van der Waals surface area contributed by atoms with Crippen molar-refractivity contribution in [2.45, 2.75) is 108 Å². The average molecular weight is 489 g/mol. The van der Waals surface area contributed by atoms with Crippen molar-refractivity contribution in [3.05, 3.63) is 0 Å². The zero-order valence-electron chi connectivity index (χ0n) is 20.4. The fourth-order valence-electron chi connectivity index (χ4n) is 5.90. The fraction of sp³-hybridized carbons (Fsp3) is 0.958. The van der Waals surface area contributed by atoms with Crippen LogP contribution in [0.1, 0.15) is 80.1 Å². The number of hydrogen-bond acceptors (Lipinski definition) is 8. The maximum Gasteiger partial charge on any atom is 0.367 e. The molecule has 1 aliphatic carbocycles. The van der Waals surface area contributed by atoms with Crippen molar-refractivity contribution >= 4 is 28.8 Å². The van der Waals surface area contributed by atoms with Crippen molar-refractivity contribution in [1.82, 2.24) is 0 Å². The van der Waals surface area contributed by atoms with Gasteiger partial charge in [0.15, 0.2) is 11.9 Å². The summed E-state index contributed by atoms with van der Waals surface area (Å²) >= 11 is 3.11. The number of fused-ring (bicyclic) bond motifs is 2. The Kier molecular flexibility index (Phi) is 7.51. The highest BCUT2D eigenvalue weighted by Gasteiger charge is 2.69. The van der Waals surface area contributed by atoms with Gasteiger partial charge in [-0.15, -0.1) is 11.8 Å². The molecule has 4 heterocycles. The first kappa shape index (κ1) is 25.1. The molecule has 0 aromatic heterocycles. The topological polar surface area (TPSA) is 63.2 Å². The SMILES string of the molecule is C[C@H]1[C@H](SCCCCOC(=O)SC(C)(C)C)O[C@@H]2O[C@@]3(C)CC[C@H]4[C@H](C)CC[C@@H]1[C@@]24OO3. The lowest BCUT2D eigenvalue weighted by Gasteiger charge is -2.60. The Morgan fingerprint density at radius 1 is 1.09 bits per heavy atom. The molecule has 0 radical (unpaired) electrons. The molecule has 0 aromatic carbocycles. The van der Waals surface area contributed by atoms with Crippen molar-refractivity contribution in [2.24, 2.45) is 23.7 Å². The number of unbranched alkanes of at least 4 members (excludes halogenated alkanes) is 1. The van der Waals surface area contributed by atoms with E-state index in [2.05, 4.69) is 13.8 Å². The average Bonchev–Trinajstić information content (AvgIpc) is 2.93. The molecule has 5 fully saturated rings. The largest absolute Gasteiger partial charge is 0.458 e. The molecule has 1 saturated carbocycles.